The quantitative estimate of drug-likeness (QED) is 0.891. The van der Waals surface area contributed by atoms with Gasteiger partial charge in [0.2, 0.25) is 0 Å². The molecule has 1 aromatic carbocycles. The van der Waals surface area contributed by atoms with E-state index >= 15 is 0 Å². The van der Waals surface area contributed by atoms with E-state index in [1.54, 1.807) is 18.0 Å². The Labute approximate surface area is 123 Å². The van der Waals surface area contributed by atoms with Crippen molar-refractivity contribution >= 4 is 11.6 Å². The van der Waals surface area contributed by atoms with Gasteiger partial charge >= 0.3 is 0 Å². The van der Waals surface area contributed by atoms with Crippen LogP contribution in [0.2, 0.25) is 5.02 Å². The summed E-state index contributed by atoms with van der Waals surface area (Å²) in [6.07, 6.45) is 1.74. The van der Waals surface area contributed by atoms with Gasteiger partial charge in [0.15, 0.2) is 0 Å². The number of benzene rings is 1. The average molecular weight is 295 g/mol. The van der Waals surface area contributed by atoms with Crippen LogP contribution >= 0.6 is 11.6 Å². The van der Waals surface area contributed by atoms with E-state index in [0.29, 0.717) is 23.9 Å². The number of aromatic nitrogens is 2. The Morgan fingerprint density at radius 1 is 1.35 bits per heavy atom. The maximum absolute atomic E-state index is 10.5. The fourth-order valence-corrected chi connectivity index (χ4v) is 2.34. The van der Waals surface area contributed by atoms with E-state index < -0.39 is 6.10 Å². The van der Waals surface area contributed by atoms with E-state index in [4.69, 9.17) is 16.3 Å². The smallest absolute Gasteiger partial charge is 0.122 e. The molecule has 5 heteroatoms. The van der Waals surface area contributed by atoms with Gasteiger partial charge in [0.1, 0.15) is 6.10 Å². The van der Waals surface area contributed by atoms with Crippen LogP contribution < -0.4 is 0 Å². The summed E-state index contributed by atoms with van der Waals surface area (Å²) in [5.74, 6) is 0. The zero-order chi connectivity index (χ0) is 14.5. The van der Waals surface area contributed by atoms with Gasteiger partial charge in [-0.15, -0.1) is 0 Å². The van der Waals surface area contributed by atoms with Crippen molar-refractivity contribution in [1.82, 2.24) is 9.78 Å². The van der Waals surface area contributed by atoms with Crippen molar-refractivity contribution in [2.75, 3.05) is 13.7 Å². The van der Waals surface area contributed by atoms with Gasteiger partial charge in [-0.05, 0) is 17.5 Å². The molecule has 1 aromatic heterocycles. The molecule has 4 nitrogen and oxygen atoms in total. The minimum atomic E-state index is -0.784. The van der Waals surface area contributed by atoms with Crippen LogP contribution in [-0.4, -0.2) is 28.6 Å². The van der Waals surface area contributed by atoms with E-state index in [1.807, 2.05) is 24.3 Å². The molecule has 1 atom stereocenters. The molecule has 0 spiro atoms. The van der Waals surface area contributed by atoms with Gasteiger partial charge in [0.25, 0.3) is 0 Å². The molecule has 20 heavy (non-hydrogen) atoms. The third-order valence-corrected chi connectivity index (χ3v) is 3.59. The minimum absolute atomic E-state index is 0.466. The molecule has 0 aliphatic carbocycles. The minimum Gasteiger partial charge on any atom is -0.383 e. The number of methoxy groups -OCH3 is 1. The SMILES string of the molecule is CCc1ccc(C(O)c2c(Cl)cnn2CCOC)cc1. The molecule has 108 valence electrons. The molecule has 1 N–H and O–H groups in total. The lowest BCUT2D eigenvalue weighted by Gasteiger charge is -2.15. The van der Waals surface area contributed by atoms with Crippen molar-refractivity contribution in [1.29, 1.82) is 0 Å². The van der Waals surface area contributed by atoms with Gasteiger partial charge in [0.05, 0.1) is 30.1 Å². The van der Waals surface area contributed by atoms with Gasteiger partial charge in [-0.1, -0.05) is 42.8 Å². The normalized spacial score (nSPS) is 12.6. The summed E-state index contributed by atoms with van der Waals surface area (Å²) in [5, 5.41) is 15.2. The van der Waals surface area contributed by atoms with Crippen LogP contribution in [0.25, 0.3) is 0 Å². The molecule has 0 radical (unpaired) electrons. The standard InChI is InChI=1S/C15H19ClN2O2/c1-3-11-4-6-12(7-5-11)15(19)14-13(16)10-17-18(14)8-9-20-2/h4-7,10,15,19H,3,8-9H2,1-2H3. The van der Waals surface area contributed by atoms with Crippen LogP contribution in [0, 0.1) is 0 Å². The monoisotopic (exact) mass is 294 g/mol. The summed E-state index contributed by atoms with van der Waals surface area (Å²) in [7, 11) is 1.63. The summed E-state index contributed by atoms with van der Waals surface area (Å²) in [6.45, 7) is 3.18. The molecule has 2 aromatic rings. The Balaban J connectivity index is 2.26. The molecule has 0 amide bonds. The average Bonchev–Trinajstić information content (AvgIpc) is 2.85. The van der Waals surface area contributed by atoms with E-state index in [2.05, 4.69) is 12.0 Å². The Morgan fingerprint density at radius 2 is 2.05 bits per heavy atom. The summed E-state index contributed by atoms with van der Waals surface area (Å²) in [4.78, 5) is 0. The number of hydrogen-bond donors (Lipinski definition) is 1. The lowest BCUT2D eigenvalue weighted by molar-refractivity contribution is 0.171. The topological polar surface area (TPSA) is 47.3 Å². The predicted octanol–water partition coefficient (Wildman–Crippen LogP) is 2.83. The van der Waals surface area contributed by atoms with Gasteiger partial charge in [-0.2, -0.15) is 5.10 Å². The molecule has 1 unspecified atom stereocenters. The van der Waals surface area contributed by atoms with Crippen molar-refractivity contribution in [2.45, 2.75) is 26.0 Å². The number of halogens is 1. The Morgan fingerprint density at radius 3 is 2.65 bits per heavy atom. The highest BCUT2D eigenvalue weighted by Crippen LogP contribution is 2.28. The van der Waals surface area contributed by atoms with Gasteiger partial charge in [-0.25, -0.2) is 0 Å². The third-order valence-electron chi connectivity index (χ3n) is 3.30. The first-order chi connectivity index (χ1) is 9.67. The predicted molar refractivity (Wildman–Crippen MR) is 79.0 cm³/mol. The van der Waals surface area contributed by atoms with Crippen LogP contribution in [0.3, 0.4) is 0 Å². The van der Waals surface area contributed by atoms with Crippen LogP contribution in [-0.2, 0) is 17.7 Å². The van der Waals surface area contributed by atoms with Crippen molar-refractivity contribution in [3.63, 3.8) is 0 Å². The Kier molecular flexibility index (Phi) is 5.17. The van der Waals surface area contributed by atoms with Crippen LogP contribution in [0.4, 0.5) is 0 Å². The molecular weight excluding hydrogens is 276 g/mol. The zero-order valence-corrected chi connectivity index (χ0v) is 12.5. The van der Waals surface area contributed by atoms with E-state index in [9.17, 15) is 5.11 Å². The zero-order valence-electron chi connectivity index (χ0n) is 11.7. The molecular formula is C15H19ClN2O2. The summed E-state index contributed by atoms with van der Waals surface area (Å²) >= 11 is 6.14. The Bertz CT molecular complexity index is 552. The molecule has 0 bridgehead atoms. The largest absolute Gasteiger partial charge is 0.383 e. The highest BCUT2D eigenvalue weighted by Gasteiger charge is 2.19. The van der Waals surface area contributed by atoms with Gasteiger partial charge < -0.3 is 9.84 Å². The number of aryl methyl sites for hydroxylation is 1. The molecule has 0 saturated carbocycles. The summed E-state index contributed by atoms with van der Waals surface area (Å²) in [6, 6.07) is 7.88. The molecule has 2 rings (SSSR count). The van der Waals surface area contributed by atoms with E-state index in [1.165, 1.54) is 5.56 Å². The second-order valence-electron chi connectivity index (χ2n) is 4.59. The second kappa shape index (κ2) is 6.88. The summed E-state index contributed by atoms with van der Waals surface area (Å²) in [5.41, 5.74) is 2.65. The number of nitrogens with zero attached hydrogens (tertiary/aromatic N) is 2. The maximum Gasteiger partial charge on any atom is 0.122 e. The molecule has 0 fully saturated rings. The fourth-order valence-electron chi connectivity index (χ4n) is 2.09. The first-order valence-corrected chi connectivity index (χ1v) is 7.02. The van der Waals surface area contributed by atoms with Crippen LogP contribution in [0.15, 0.2) is 30.5 Å². The van der Waals surface area contributed by atoms with Crippen molar-refractivity contribution in [2.24, 2.45) is 0 Å². The number of aliphatic hydroxyl groups is 1. The molecule has 0 saturated heterocycles. The van der Waals surface area contributed by atoms with Crippen molar-refractivity contribution in [3.05, 3.63) is 52.3 Å². The first kappa shape index (κ1) is 15.0. The number of aliphatic hydroxyl groups excluding tert-OH is 1. The van der Waals surface area contributed by atoms with Crippen molar-refractivity contribution < 1.29 is 9.84 Å². The molecule has 1 heterocycles. The maximum atomic E-state index is 10.5. The molecule has 0 aliphatic rings. The van der Waals surface area contributed by atoms with E-state index in [0.717, 1.165) is 12.0 Å². The lowest BCUT2D eigenvalue weighted by Crippen LogP contribution is -2.13. The first-order valence-electron chi connectivity index (χ1n) is 6.64. The number of ether oxygens (including phenoxy) is 1. The second-order valence-corrected chi connectivity index (χ2v) is 5.00. The van der Waals surface area contributed by atoms with Crippen molar-refractivity contribution in [3.8, 4) is 0 Å². The van der Waals surface area contributed by atoms with Crippen LogP contribution in [0.5, 0.6) is 0 Å². The highest BCUT2D eigenvalue weighted by atomic mass is 35.5. The van der Waals surface area contributed by atoms with Gasteiger partial charge in [-0.3, -0.25) is 4.68 Å². The Hall–Kier alpha value is -1.36. The molecule has 0 aliphatic heterocycles. The fraction of sp³-hybridized carbons (Fsp3) is 0.400. The third kappa shape index (κ3) is 3.20. The van der Waals surface area contributed by atoms with Gasteiger partial charge in [0, 0.05) is 7.11 Å². The highest BCUT2D eigenvalue weighted by molar-refractivity contribution is 6.31. The summed E-state index contributed by atoms with van der Waals surface area (Å²) < 4.78 is 6.72. The number of rotatable bonds is 6. The van der Waals surface area contributed by atoms with Crippen LogP contribution in [0.1, 0.15) is 29.8 Å². The number of hydrogen-bond acceptors (Lipinski definition) is 3. The van der Waals surface area contributed by atoms with E-state index in [-0.39, 0.29) is 0 Å². The lowest BCUT2D eigenvalue weighted by atomic mass is 10.0.